The number of halogens is 1. The SMILES string of the molecule is Cc1cccc(Nc2nc(Nc3cccc(Cl)c3)nc(N3CCOCC3)n2)c1. The smallest absolute Gasteiger partial charge is 0.233 e. The van der Waals surface area contributed by atoms with Crippen molar-refractivity contribution in [2.45, 2.75) is 6.92 Å². The van der Waals surface area contributed by atoms with Gasteiger partial charge in [-0.05, 0) is 42.8 Å². The highest BCUT2D eigenvalue weighted by Crippen LogP contribution is 2.22. The van der Waals surface area contributed by atoms with Crippen molar-refractivity contribution in [3.05, 3.63) is 59.1 Å². The fourth-order valence-electron chi connectivity index (χ4n) is 2.93. The Hall–Kier alpha value is -2.90. The van der Waals surface area contributed by atoms with Crippen LogP contribution in [0.2, 0.25) is 5.02 Å². The van der Waals surface area contributed by atoms with Gasteiger partial charge in [0.05, 0.1) is 13.2 Å². The number of nitrogens with zero attached hydrogens (tertiary/aromatic N) is 4. The second-order valence-electron chi connectivity index (χ2n) is 6.51. The highest BCUT2D eigenvalue weighted by atomic mass is 35.5. The van der Waals surface area contributed by atoms with Crippen LogP contribution >= 0.6 is 11.6 Å². The Balaban J connectivity index is 1.65. The van der Waals surface area contributed by atoms with Crippen LogP contribution in [0, 0.1) is 6.92 Å². The number of morpholine rings is 1. The second-order valence-corrected chi connectivity index (χ2v) is 6.95. The lowest BCUT2D eigenvalue weighted by molar-refractivity contribution is 0.122. The molecule has 1 aromatic heterocycles. The van der Waals surface area contributed by atoms with E-state index in [0.717, 1.165) is 30.0 Å². The number of benzene rings is 2. The summed E-state index contributed by atoms with van der Waals surface area (Å²) >= 11 is 6.09. The lowest BCUT2D eigenvalue weighted by Gasteiger charge is -2.27. The molecule has 8 heteroatoms. The van der Waals surface area contributed by atoms with Gasteiger partial charge in [0.2, 0.25) is 17.8 Å². The van der Waals surface area contributed by atoms with Gasteiger partial charge >= 0.3 is 0 Å². The van der Waals surface area contributed by atoms with Crippen LogP contribution in [0.3, 0.4) is 0 Å². The third-order valence-electron chi connectivity index (χ3n) is 4.27. The summed E-state index contributed by atoms with van der Waals surface area (Å²) in [5, 5.41) is 7.14. The van der Waals surface area contributed by atoms with E-state index < -0.39 is 0 Å². The number of hydrogen-bond acceptors (Lipinski definition) is 7. The molecule has 4 rings (SSSR count). The molecule has 2 aromatic carbocycles. The van der Waals surface area contributed by atoms with Gasteiger partial charge in [-0.3, -0.25) is 0 Å². The maximum atomic E-state index is 6.09. The molecule has 0 aliphatic carbocycles. The van der Waals surface area contributed by atoms with Gasteiger partial charge in [0.25, 0.3) is 0 Å². The van der Waals surface area contributed by atoms with Crippen LogP contribution in [0.4, 0.5) is 29.2 Å². The van der Waals surface area contributed by atoms with E-state index >= 15 is 0 Å². The summed E-state index contributed by atoms with van der Waals surface area (Å²) in [4.78, 5) is 15.8. The molecule has 0 bridgehead atoms. The summed E-state index contributed by atoms with van der Waals surface area (Å²) < 4.78 is 5.44. The molecule has 0 unspecified atom stereocenters. The molecule has 28 heavy (non-hydrogen) atoms. The van der Waals surface area contributed by atoms with Gasteiger partial charge in [0.1, 0.15) is 0 Å². The predicted molar refractivity (Wildman–Crippen MR) is 112 cm³/mol. The van der Waals surface area contributed by atoms with E-state index in [0.29, 0.717) is 36.1 Å². The van der Waals surface area contributed by atoms with Crippen molar-refractivity contribution in [1.82, 2.24) is 15.0 Å². The van der Waals surface area contributed by atoms with Crippen molar-refractivity contribution in [3.63, 3.8) is 0 Å². The summed E-state index contributed by atoms with van der Waals surface area (Å²) in [5.41, 5.74) is 2.89. The largest absolute Gasteiger partial charge is 0.378 e. The van der Waals surface area contributed by atoms with Crippen molar-refractivity contribution in [2.24, 2.45) is 0 Å². The van der Waals surface area contributed by atoms with Crippen LogP contribution in [0.5, 0.6) is 0 Å². The summed E-state index contributed by atoms with van der Waals surface area (Å²) in [7, 11) is 0. The first-order valence-corrected chi connectivity index (χ1v) is 9.48. The molecule has 2 N–H and O–H groups in total. The van der Waals surface area contributed by atoms with Crippen LogP contribution < -0.4 is 15.5 Å². The fraction of sp³-hybridized carbons (Fsp3) is 0.250. The zero-order chi connectivity index (χ0) is 19.3. The molecule has 1 saturated heterocycles. The van der Waals surface area contributed by atoms with E-state index in [1.54, 1.807) is 0 Å². The van der Waals surface area contributed by atoms with Crippen LogP contribution in [-0.2, 0) is 4.74 Å². The van der Waals surface area contributed by atoms with E-state index in [1.165, 1.54) is 0 Å². The van der Waals surface area contributed by atoms with Gasteiger partial charge < -0.3 is 20.3 Å². The zero-order valence-corrected chi connectivity index (χ0v) is 16.3. The van der Waals surface area contributed by atoms with Gasteiger partial charge in [0, 0.05) is 29.5 Å². The van der Waals surface area contributed by atoms with Gasteiger partial charge in [-0.25, -0.2) is 0 Å². The molecule has 3 aromatic rings. The first kappa shape index (κ1) is 18.5. The Morgan fingerprint density at radius 1 is 0.893 bits per heavy atom. The maximum Gasteiger partial charge on any atom is 0.233 e. The number of rotatable bonds is 5. The van der Waals surface area contributed by atoms with Crippen molar-refractivity contribution < 1.29 is 4.74 Å². The van der Waals surface area contributed by atoms with E-state index in [-0.39, 0.29) is 0 Å². The molecule has 1 aliphatic rings. The molecule has 1 fully saturated rings. The predicted octanol–water partition coefficient (Wildman–Crippen LogP) is 4.16. The third-order valence-corrected chi connectivity index (χ3v) is 4.51. The van der Waals surface area contributed by atoms with Crippen molar-refractivity contribution in [1.29, 1.82) is 0 Å². The normalized spacial score (nSPS) is 14.0. The topological polar surface area (TPSA) is 75.2 Å². The minimum Gasteiger partial charge on any atom is -0.378 e. The molecule has 2 heterocycles. The molecular formula is C20H21ClN6O. The summed E-state index contributed by atoms with van der Waals surface area (Å²) in [6, 6.07) is 15.5. The van der Waals surface area contributed by atoms with E-state index in [1.807, 2.05) is 55.5 Å². The molecular weight excluding hydrogens is 376 g/mol. The Morgan fingerprint density at radius 3 is 2.18 bits per heavy atom. The van der Waals surface area contributed by atoms with Crippen molar-refractivity contribution in [3.8, 4) is 0 Å². The molecule has 0 atom stereocenters. The number of hydrogen-bond donors (Lipinski definition) is 2. The first-order valence-electron chi connectivity index (χ1n) is 9.11. The minimum absolute atomic E-state index is 0.453. The number of anilines is 5. The molecule has 144 valence electrons. The molecule has 7 nitrogen and oxygen atoms in total. The molecule has 0 amide bonds. The fourth-order valence-corrected chi connectivity index (χ4v) is 3.12. The van der Waals surface area contributed by atoms with Crippen molar-refractivity contribution in [2.75, 3.05) is 41.8 Å². The van der Waals surface area contributed by atoms with E-state index in [9.17, 15) is 0 Å². The minimum atomic E-state index is 0.453. The highest BCUT2D eigenvalue weighted by molar-refractivity contribution is 6.30. The zero-order valence-electron chi connectivity index (χ0n) is 15.5. The first-order chi connectivity index (χ1) is 13.7. The Bertz CT molecular complexity index is 895. The van der Waals surface area contributed by atoms with Crippen LogP contribution in [0.15, 0.2) is 48.5 Å². The lowest BCUT2D eigenvalue weighted by atomic mass is 10.2. The Kier molecular flexibility index (Phi) is 5.55. The van der Waals surface area contributed by atoms with Gasteiger partial charge in [-0.1, -0.05) is 29.8 Å². The lowest BCUT2D eigenvalue weighted by Crippen LogP contribution is -2.37. The van der Waals surface area contributed by atoms with Crippen LogP contribution in [0.25, 0.3) is 0 Å². The molecule has 1 aliphatic heterocycles. The van der Waals surface area contributed by atoms with E-state index in [2.05, 4.69) is 30.5 Å². The maximum absolute atomic E-state index is 6.09. The summed E-state index contributed by atoms with van der Waals surface area (Å²) in [6.07, 6.45) is 0. The number of ether oxygens (including phenoxy) is 1. The Labute approximate surface area is 168 Å². The number of aromatic nitrogens is 3. The summed E-state index contributed by atoms with van der Waals surface area (Å²) in [6.45, 7) is 4.84. The van der Waals surface area contributed by atoms with Gasteiger partial charge in [-0.2, -0.15) is 15.0 Å². The van der Waals surface area contributed by atoms with E-state index in [4.69, 9.17) is 16.3 Å². The number of nitrogens with one attached hydrogen (secondary N) is 2. The van der Waals surface area contributed by atoms with Gasteiger partial charge in [0.15, 0.2) is 0 Å². The monoisotopic (exact) mass is 396 g/mol. The highest BCUT2D eigenvalue weighted by Gasteiger charge is 2.17. The van der Waals surface area contributed by atoms with Crippen LogP contribution in [-0.4, -0.2) is 41.3 Å². The summed E-state index contributed by atoms with van der Waals surface area (Å²) in [5.74, 6) is 1.54. The molecule has 0 spiro atoms. The quantitative estimate of drug-likeness (QED) is 0.670. The number of aryl methyl sites for hydroxylation is 1. The molecule has 0 radical (unpaired) electrons. The van der Waals surface area contributed by atoms with Crippen LogP contribution in [0.1, 0.15) is 5.56 Å². The molecule has 0 saturated carbocycles. The standard InChI is InChI=1S/C20H21ClN6O/c1-14-4-2-6-16(12-14)22-18-24-19(23-17-7-3-5-15(21)13-17)26-20(25-18)27-8-10-28-11-9-27/h2-7,12-13H,8-11H2,1H3,(H2,22,23,24,25,26). The average Bonchev–Trinajstić information content (AvgIpc) is 2.68. The van der Waals surface area contributed by atoms with Crippen molar-refractivity contribution >= 4 is 40.8 Å². The van der Waals surface area contributed by atoms with Gasteiger partial charge in [-0.15, -0.1) is 0 Å². The Morgan fingerprint density at radius 2 is 1.54 bits per heavy atom. The third kappa shape index (κ3) is 4.68. The average molecular weight is 397 g/mol. The second kappa shape index (κ2) is 8.41.